The van der Waals surface area contributed by atoms with E-state index in [9.17, 15) is 9.59 Å². The Bertz CT molecular complexity index is 836. The number of nitrogens with zero attached hydrogens (tertiary/aromatic N) is 1. The molecule has 1 saturated heterocycles. The smallest absolute Gasteiger partial charge is 0.229 e. The van der Waals surface area contributed by atoms with E-state index in [-0.39, 0.29) is 23.7 Å². The van der Waals surface area contributed by atoms with E-state index in [1.165, 1.54) is 0 Å². The van der Waals surface area contributed by atoms with Crippen molar-refractivity contribution in [3.63, 3.8) is 0 Å². The number of para-hydroxylation sites is 1. The molecule has 1 heterocycles. The van der Waals surface area contributed by atoms with Crippen LogP contribution in [0.1, 0.15) is 26.7 Å². The molecule has 3 rings (SSSR count). The number of anilines is 1. The summed E-state index contributed by atoms with van der Waals surface area (Å²) >= 11 is 6.10. The van der Waals surface area contributed by atoms with Crippen LogP contribution in [0.4, 0.5) is 5.69 Å². The highest BCUT2D eigenvalue weighted by Crippen LogP contribution is 2.29. The number of carbonyl (C=O) groups is 2. The van der Waals surface area contributed by atoms with Gasteiger partial charge in [0.2, 0.25) is 11.8 Å². The van der Waals surface area contributed by atoms with Crippen LogP contribution in [0.25, 0.3) is 0 Å². The van der Waals surface area contributed by atoms with E-state index in [0.717, 1.165) is 19.4 Å². The van der Waals surface area contributed by atoms with Crippen LogP contribution in [-0.4, -0.2) is 29.8 Å². The number of hydrogen-bond acceptors (Lipinski definition) is 3. The Hall–Kier alpha value is -2.53. The Labute approximate surface area is 170 Å². The van der Waals surface area contributed by atoms with Gasteiger partial charge in [0.1, 0.15) is 11.5 Å². The minimum Gasteiger partial charge on any atom is -0.456 e. The predicted molar refractivity (Wildman–Crippen MR) is 111 cm³/mol. The minimum absolute atomic E-state index is 0.0486. The van der Waals surface area contributed by atoms with Crippen molar-refractivity contribution in [1.82, 2.24) is 4.90 Å². The van der Waals surface area contributed by atoms with Crippen molar-refractivity contribution < 1.29 is 14.3 Å². The first-order valence-corrected chi connectivity index (χ1v) is 9.94. The fourth-order valence-corrected chi connectivity index (χ4v) is 3.44. The molecule has 0 aliphatic carbocycles. The van der Waals surface area contributed by atoms with E-state index < -0.39 is 0 Å². The van der Waals surface area contributed by atoms with Crippen molar-refractivity contribution in [1.29, 1.82) is 0 Å². The van der Waals surface area contributed by atoms with Gasteiger partial charge in [0.25, 0.3) is 0 Å². The number of rotatable bonds is 5. The highest BCUT2D eigenvalue weighted by Gasteiger charge is 2.29. The minimum atomic E-state index is -0.185. The molecule has 0 spiro atoms. The average molecular weight is 401 g/mol. The Kier molecular flexibility index (Phi) is 6.57. The number of likely N-dealkylation sites (tertiary alicyclic amines) is 1. The normalized spacial score (nSPS) is 16.7. The van der Waals surface area contributed by atoms with E-state index >= 15 is 0 Å². The Morgan fingerprint density at radius 3 is 2.54 bits per heavy atom. The van der Waals surface area contributed by atoms with E-state index in [1.807, 2.05) is 26.0 Å². The maximum Gasteiger partial charge on any atom is 0.229 e. The standard InChI is InChI=1S/C22H25ClN2O3/c1-15(2)22(27)25-13-5-6-16(14-25)21(26)24-17-9-11-18(12-10-17)28-20-8-4-3-7-19(20)23/h3-4,7-12,15-16H,5-6,13-14H2,1-2H3,(H,24,26). The molecule has 1 atom stereocenters. The first-order chi connectivity index (χ1) is 13.4. The van der Waals surface area contributed by atoms with Crippen LogP contribution >= 0.6 is 11.6 Å². The molecule has 28 heavy (non-hydrogen) atoms. The Balaban J connectivity index is 1.58. The summed E-state index contributed by atoms with van der Waals surface area (Å²) in [6, 6.07) is 14.4. The zero-order chi connectivity index (χ0) is 20.1. The summed E-state index contributed by atoms with van der Waals surface area (Å²) in [5.74, 6) is 1.04. The zero-order valence-corrected chi connectivity index (χ0v) is 16.9. The van der Waals surface area contributed by atoms with Crippen molar-refractivity contribution in [2.75, 3.05) is 18.4 Å². The number of piperidine rings is 1. The van der Waals surface area contributed by atoms with E-state index in [1.54, 1.807) is 41.3 Å². The largest absolute Gasteiger partial charge is 0.456 e. The van der Waals surface area contributed by atoms with Gasteiger partial charge in [0.15, 0.2) is 0 Å². The maximum absolute atomic E-state index is 12.6. The van der Waals surface area contributed by atoms with Gasteiger partial charge in [-0.3, -0.25) is 9.59 Å². The van der Waals surface area contributed by atoms with Crippen LogP contribution in [-0.2, 0) is 9.59 Å². The van der Waals surface area contributed by atoms with Crippen molar-refractivity contribution in [3.05, 3.63) is 53.6 Å². The Morgan fingerprint density at radius 1 is 1.14 bits per heavy atom. The van der Waals surface area contributed by atoms with Crippen LogP contribution in [0.3, 0.4) is 0 Å². The molecular weight excluding hydrogens is 376 g/mol. The highest BCUT2D eigenvalue weighted by atomic mass is 35.5. The summed E-state index contributed by atoms with van der Waals surface area (Å²) in [5.41, 5.74) is 0.698. The molecule has 2 aromatic carbocycles. The Morgan fingerprint density at radius 2 is 1.86 bits per heavy atom. The fraction of sp³-hybridized carbons (Fsp3) is 0.364. The topological polar surface area (TPSA) is 58.6 Å². The monoisotopic (exact) mass is 400 g/mol. The van der Waals surface area contributed by atoms with Crippen molar-refractivity contribution >= 4 is 29.1 Å². The second-order valence-electron chi connectivity index (χ2n) is 7.32. The molecule has 6 heteroatoms. The highest BCUT2D eigenvalue weighted by molar-refractivity contribution is 6.32. The summed E-state index contributed by atoms with van der Waals surface area (Å²) in [6.07, 6.45) is 1.64. The number of benzene rings is 2. The number of halogens is 1. The number of nitrogens with one attached hydrogen (secondary N) is 1. The lowest BCUT2D eigenvalue weighted by Gasteiger charge is -2.33. The van der Waals surface area contributed by atoms with Gasteiger partial charge in [-0.25, -0.2) is 0 Å². The van der Waals surface area contributed by atoms with E-state index in [0.29, 0.717) is 28.8 Å². The average Bonchev–Trinajstić information content (AvgIpc) is 2.70. The van der Waals surface area contributed by atoms with Gasteiger partial charge in [0.05, 0.1) is 10.9 Å². The molecule has 0 bridgehead atoms. The van der Waals surface area contributed by atoms with Gasteiger partial charge in [-0.05, 0) is 49.2 Å². The molecule has 1 aliphatic heterocycles. The molecule has 1 fully saturated rings. The van der Waals surface area contributed by atoms with Gasteiger partial charge in [-0.2, -0.15) is 0 Å². The summed E-state index contributed by atoms with van der Waals surface area (Å²) in [7, 11) is 0. The van der Waals surface area contributed by atoms with E-state index in [2.05, 4.69) is 5.32 Å². The van der Waals surface area contributed by atoms with Crippen LogP contribution in [0.5, 0.6) is 11.5 Å². The third-order valence-electron chi connectivity index (χ3n) is 4.78. The molecule has 5 nitrogen and oxygen atoms in total. The number of hydrogen-bond donors (Lipinski definition) is 1. The van der Waals surface area contributed by atoms with Gasteiger partial charge in [0, 0.05) is 24.7 Å². The molecule has 0 radical (unpaired) electrons. The van der Waals surface area contributed by atoms with Crippen LogP contribution in [0, 0.1) is 11.8 Å². The van der Waals surface area contributed by atoms with Crippen molar-refractivity contribution in [2.24, 2.45) is 11.8 Å². The quantitative estimate of drug-likeness (QED) is 0.771. The molecule has 2 amide bonds. The second-order valence-corrected chi connectivity index (χ2v) is 7.73. The molecule has 1 aliphatic rings. The van der Waals surface area contributed by atoms with Gasteiger partial charge in [-0.1, -0.05) is 37.6 Å². The van der Waals surface area contributed by atoms with Crippen molar-refractivity contribution in [2.45, 2.75) is 26.7 Å². The van der Waals surface area contributed by atoms with E-state index in [4.69, 9.17) is 16.3 Å². The number of carbonyl (C=O) groups excluding carboxylic acids is 2. The molecule has 0 aromatic heterocycles. The molecule has 148 valence electrons. The maximum atomic E-state index is 12.6. The summed E-state index contributed by atoms with van der Waals surface area (Å²) in [4.78, 5) is 26.6. The van der Waals surface area contributed by atoms with Gasteiger partial charge in [-0.15, -0.1) is 0 Å². The third-order valence-corrected chi connectivity index (χ3v) is 5.10. The predicted octanol–water partition coefficient (Wildman–Crippen LogP) is 4.97. The molecule has 1 N–H and O–H groups in total. The van der Waals surface area contributed by atoms with Crippen molar-refractivity contribution in [3.8, 4) is 11.5 Å². The van der Waals surface area contributed by atoms with Gasteiger partial charge < -0.3 is 15.0 Å². The first kappa shape index (κ1) is 20.2. The molecule has 0 saturated carbocycles. The van der Waals surface area contributed by atoms with Crippen LogP contribution in [0.2, 0.25) is 5.02 Å². The SMILES string of the molecule is CC(C)C(=O)N1CCCC(C(=O)Nc2ccc(Oc3ccccc3Cl)cc2)C1. The lowest BCUT2D eigenvalue weighted by Crippen LogP contribution is -2.45. The number of amides is 2. The summed E-state index contributed by atoms with van der Waals surface area (Å²) < 4.78 is 5.76. The van der Waals surface area contributed by atoms with Gasteiger partial charge >= 0.3 is 0 Å². The molecule has 1 unspecified atom stereocenters. The zero-order valence-electron chi connectivity index (χ0n) is 16.2. The molecule has 2 aromatic rings. The lowest BCUT2D eigenvalue weighted by atomic mass is 9.96. The fourth-order valence-electron chi connectivity index (χ4n) is 3.26. The number of ether oxygens (including phenoxy) is 1. The first-order valence-electron chi connectivity index (χ1n) is 9.56. The second kappa shape index (κ2) is 9.11. The van der Waals surface area contributed by atoms with Crippen LogP contribution in [0.15, 0.2) is 48.5 Å². The molecular formula is C22H25ClN2O3. The third kappa shape index (κ3) is 5.04. The summed E-state index contributed by atoms with van der Waals surface area (Å²) in [5, 5.41) is 3.48. The lowest BCUT2D eigenvalue weighted by molar-refractivity contribution is -0.137. The summed E-state index contributed by atoms with van der Waals surface area (Å²) in [6.45, 7) is 4.99. The van der Waals surface area contributed by atoms with Crippen LogP contribution < -0.4 is 10.1 Å².